The molecule has 18 heavy (non-hydrogen) atoms. The van der Waals surface area contributed by atoms with Crippen LogP contribution in [0.25, 0.3) is 0 Å². The minimum Gasteiger partial charge on any atom is -0.466 e. The number of nitrogens with one attached hydrogen (secondary N) is 1. The molecule has 0 amide bonds. The average molecular weight is 268 g/mol. The number of carbonyl (C=O) groups excluding carboxylic acids is 1. The van der Waals surface area contributed by atoms with E-state index in [0.29, 0.717) is 6.61 Å². The third-order valence-electron chi connectivity index (χ3n) is 3.30. The van der Waals surface area contributed by atoms with E-state index in [9.17, 15) is 4.79 Å². The molecule has 1 N–H and O–H groups in total. The molecule has 0 bridgehead atoms. The summed E-state index contributed by atoms with van der Waals surface area (Å²) < 4.78 is 4.91. The van der Waals surface area contributed by atoms with Gasteiger partial charge < -0.3 is 10.1 Å². The minimum atomic E-state index is -0.207. The predicted octanol–water partition coefficient (Wildman–Crippen LogP) is 2.99. The quantitative estimate of drug-likeness (QED) is 0.834. The Morgan fingerprint density at radius 3 is 2.94 bits per heavy atom. The van der Waals surface area contributed by atoms with E-state index in [2.05, 4.69) is 17.2 Å². The summed E-state index contributed by atoms with van der Waals surface area (Å²) in [5.74, 6) is -0.207. The highest BCUT2D eigenvalue weighted by Crippen LogP contribution is 2.33. The Morgan fingerprint density at radius 1 is 1.56 bits per heavy atom. The molecule has 5 heteroatoms. The zero-order valence-corrected chi connectivity index (χ0v) is 11.8. The molecule has 1 saturated carbocycles. The molecule has 0 unspecified atom stereocenters. The first-order valence-electron chi connectivity index (χ1n) is 6.49. The van der Waals surface area contributed by atoms with Gasteiger partial charge in [-0.05, 0) is 26.7 Å². The van der Waals surface area contributed by atoms with Crippen molar-refractivity contribution >= 4 is 22.4 Å². The van der Waals surface area contributed by atoms with Crippen molar-refractivity contribution in [3.63, 3.8) is 0 Å². The normalized spacial score (nSPS) is 17.7. The van der Waals surface area contributed by atoms with Gasteiger partial charge in [0.1, 0.15) is 0 Å². The zero-order chi connectivity index (χ0) is 13.0. The molecular formula is C13H20N2O2S. The Morgan fingerprint density at radius 2 is 2.28 bits per heavy atom. The van der Waals surface area contributed by atoms with Crippen LogP contribution in [0.1, 0.15) is 45.2 Å². The molecule has 1 aromatic rings. The lowest BCUT2D eigenvalue weighted by Crippen LogP contribution is -2.30. The first-order valence-corrected chi connectivity index (χ1v) is 7.37. The van der Waals surface area contributed by atoms with Crippen LogP contribution in [0.2, 0.25) is 0 Å². The molecule has 2 rings (SSSR count). The summed E-state index contributed by atoms with van der Waals surface area (Å²) in [6.45, 7) is 4.48. The Balaban J connectivity index is 1.91. The van der Waals surface area contributed by atoms with Gasteiger partial charge in [-0.1, -0.05) is 12.8 Å². The molecule has 100 valence electrons. The molecule has 1 aliphatic rings. The van der Waals surface area contributed by atoms with Crippen LogP contribution in [0.5, 0.6) is 0 Å². The highest BCUT2D eigenvalue weighted by atomic mass is 32.1. The van der Waals surface area contributed by atoms with Gasteiger partial charge in [0.15, 0.2) is 5.13 Å². The molecular weight excluding hydrogens is 248 g/mol. The van der Waals surface area contributed by atoms with Crippen molar-refractivity contribution in [1.29, 1.82) is 0 Å². The van der Waals surface area contributed by atoms with Crippen molar-refractivity contribution in [1.82, 2.24) is 4.98 Å². The standard InChI is InChI=1S/C13H20N2O2S/c1-3-17-11(16)8-10-9-18-12(14-10)15-13(2)6-4-5-7-13/h9H,3-8H2,1-2H3,(H,14,15). The summed E-state index contributed by atoms with van der Waals surface area (Å²) in [5.41, 5.74) is 0.974. The number of hydrogen-bond donors (Lipinski definition) is 1. The summed E-state index contributed by atoms with van der Waals surface area (Å²) in [7, 11) is 0. The molecule has 1 heterocycles. The predicted molar refractivity (Wildman–Crippen MR) is 72.9 cm³/mol. The maximum atomic E-state index is 11.4. The van der Waals surface area contributed by atoms with E-state index in [4.69, 9.17) is 4.74 Å². The van der Waals surface area contributed by atoms with Crippen LogP contribution in [0, 0.1) is 0 Å². The average Bonchev–Trinajstić information content (AvgIpc) is 2.89. The van der Waals surface area contributed by atoms with Gasteiger partial charge in [-0.25, -0.2) is 4.98 Å². The van der Waals surface area contributed by atoms with Crippen LogP contribution >= 0.6 is 11.3 Å². The highest BCUT2D eigenvalue weighted by Gasteiger charge is 2.29. The maximum Gasteiger partial charge on any atom is 0.311 e. The first-order chi connectivity index (χ1) is 8.61. The molecule has 1 aromatic heterocycles. The van der Waals surface area contributed by atoms with Crippen molar-refractivity contribution < 1.29 is 9.53 Å². The molecule has 1 fully saturated rings. The van der Waals surface area contributed by atoms with Gasteiger partial charge in [-0.3, -0.25) is 4.79 Å². The van der Waals surface area contributed by atoms with E-state index in [0.717, 1.165) is 10.8 Å². The molecule has 0 saturated heterocycles. The van der Waals surface area contributed by atoms with E-state index in [1.54, 1.807) is 11.3 Å². The largest absolute Gasteiger partial charge is 0.466 e. The van der Waals surface area contributed by atoms with Crippen molar-refractivity contribution in [2.45, 2.75) is 51.5 Å². The number of nitrogens with zero attached hydrogens (tertiary/aromatic N) is 1. The second kappa shape index (κ2) is 5.69. The van der Waals surface area contributed by atoms with Gasteiger partial charge in [0.05, 0.1) is 18.7 Å². The molecule has 4 nitrogen and oxygen atoms in total. The fraction of sp³-hybridized carbons (Fsp3) is 0.692. The monoisotopic (exact) mass is 268 g/mol. The number of esters is 1. The summed E-state index contributed by atoms with van der Waals surface area (Å²) in [6.07, 6.45) is 5.22. The Kier molecular flexibility index (Phi) is 4.22. The maximum absolute atomic E-state index is 11.4. The van der Waals surface area contributed by atoms with E-state index in [1.807, 2.05) is 12.3 Å². The van der Waals surface area contributed by atoms with Gasteiger partial charge in [-0.15, -0.1) is 11.3 Å². The number of thiazole rings is 1. The van der Waals surface area contributed by atoms with E-state index < -0.39 is 0 Å². The third kappa shape index (κ3) is 3.45. The molecule has 0 atom stereocenters. The van der Waals surface area contributed by atoms with Crippen molar-refractivity contribution in [3.8, 4) is 0 Å². The number of carbonyl (C=O) groups is 1. The van der Waals surface area contributed by atoms with Crippen LogP contribution in [0.4, 0.5) is 5.13 Å². The van der Waals surface area contributed by atoms with Crippen LogP contribution in [0.3, 0.4) is 0 Å². The van der Waals surface area contributed by atoms with E-state index in [1.165, 1.54) is 25.7 Å². The summed E-state index contributed by atoms with van der Waals surface area (Å²) in [5, 5.41) is 6.34. The number of rotatable bonds is 5. The van der Waals surface area contributed by atoms with Crippen LogP contribution in [-0.2, 0) is 16.0 Å². The molecule has 0 aromatic carbocycles. The lowest BCUT2D eigenvalue weighted by atomic mass is 10.0. The topological polar surface area (TPSA) is 51.2 Å². The van der Waals surface area contributed by atoms with E-state index in [-0.39, 0.29) is 17.9 Å². The lowest BCUT2D eigenvalue weighted by molar-refractivity contribution is -0.142. The summed E-state index contributed by atoms with van der Waals surface area (Å²) in [6, 6.07) is 0. The summed E-state index contributed by atoms with van der Waals surface area (Å²) in [4.78, 5) is 15.8. The fourth-order valence-corrected chi connectivity index (χ4v) is 3.20. The smallest absolute Gasteiger partial charge is 0.311 e. The zero-order valence-electron chi connectivity index (χ0n) is 11.0. The summed E-state index contributed by atoms with van der Waals surface area (Å²) >= 11 is 1.57. The minimum absolute atomic E-state index is 0.180. The molecule has 0 aliphatic heterocycles. The van der Waals surface area contributed by atoms with Gasteiger partial charge in [0, 0.05) is 10.9 Å². The second-order valence-electron chi connectivity index (χ2n) is 5.02. The number of hydrogen-bond acceptors (Lipinski definition) is 5. The number of aromatic nitrogens is 1. The van der Waals surface area contributed by atoms with Crippen molar-refractivity contribution in [3.05, 3.63) is 11.1 Å². The van der Waals surface area contributed by atoms with Crippen LogP contribution < -0.4 is 5.32 Å². The van der Waals surface area contributed by atoms with Gasteiger partial charge in [-0.2, -0.15) is 0 Å². The van der Waals surface area contributed by atoms with Gasteiger partial charge in [0.25, 0.3) is 0 Å². The van der Waals surface area contributed by atoms with Gasteiger partial charge >= 0.3 is 5.97 Å². The van der Waals surface area contributed by atoms with E-state index >= 15 is 0 Å². The molecule has 1 aliphatic carbocycles. The third-order valence-corrected chi connectivity index (χ3v) is 4.10. The van der Waals surface area contributed by atoms with Gasteiger partial charge in [0.2, 0.25) is 0 Å². The Bertz CT molecular complexity index is 411. The second-order valence-corrected chi connectivity index (χ2v) is 5.88. The molecule has 0 radical (unpaired) electrons. The number of anilines is 1. The first kappa shape index (κ1) is 13.3. The lowest BCUT2D eigenvalue weighted by Gasteiger charge is -2.24. The Labute approximate surface area is 112 Å². The molecule has 0 spiro atoms. The fourth-order valence-electron chi connectivity index (χ4n) is 2.34. The Hall–Kier alpha value is -1.10. The highest BCUT2D eigenvalue weighted by molar-refractivity contribution is 7.13. The SMILES string of the molecule is CCOC(=O)Cc1csc(NC2(C)CCCC2)n1. The van der Waals surface area contributed by atoms with Crippen LogP contribution in [0.15, 0.2) is 5.38 Å². The van der Waals surface area contributed by atoms with Crippen LogP contribution in [-0.4, -0.2) is 23.1 Å². The van der Waals surface area contributed by atoms with Crippen molar-refractivity contribution in [2.75, 3.05) is 11.9 Å². The number of ether oxygens (including phenoxy) is 1. The van der Waals surface area contributed by atoms with Crippen molar-refractivity contribution in [2.24, 2.45) is 0 Å².